The summed E-state index contributed by atoms with van der Waals surface area (Å²) < 4.78 is 0. The van der Waals surface area contributed by atoms with Crippen molar-refractivity contribution in [1.82, 2.24) is 19.8 Å². The fourth-order valence-electron chi connectivity index (χ4n) is 3.39. The molecule has 142 valence electrons. The van der Waals surface area contributed by atoms with Crippen molar-refractivity contribution in [2.45, 2.75) is 27.7 Å². The number of amides is 2. The van der Waals surface area contributed by atoms with Crippen molar-refractivity contribution in [2.24, 2.45) is 0 Å². The number of hydrogen-bond acceptors (Lipinski definition) is 5. The van der Waals surface area contributed by atoms with Crippen molar-refractivity contribution in [2.75, 3.05) is 31.5 Å². The van der Waals surface area contributed by atoms with Gasteiger partial charge in [-0.2, -0.15) is 0 Å². The number of nitrogens with one attached hydrogen (secondary N) is 1. The average Bonchev–Trinajstić information content (AvgIpc) is 2.64. The topological polar surface area (TPSA) is 78.4 Å². The molecule has 0 aliphatic carbocycles. The van der Waals surface area contributed by atoms with Gasteiger partial charge in [0.15, 0.2) is 0 Å². The number of anilines is 2. The fourth-order valence-corrected chi connectivity index (χ4v) is 3.39. The van der Waals surface area contributed by atoms with Gasteiger partial charge in [-0.05, 0) is 31.9 Å². The Hall–Kier alpha value is -2.96. The molecule has 3 rings (SSSR count). The standard InChI is InChI=1S/C20H25N5O2/c1-13-9-14(2)19(15(3)10-13)23-18-12-21-17(11-22-18)20(27)25-7-5-24(6-8-25)16(4)26/h9-12H,5-8H2,1-4H3,(H,22,23). The molecular formula is C20H25N5O2. The molecule has 1 aromatic carbocycles. The van der Waals surface area contributed by atoms with E-state index in [1.165, 1.54) is 11.8 Å². The molecular weight excluding hydrogens is 342 g/mol. The summed E-state index contributed by atoms with van der Waals surface area (Å²) in [4.78, 5) is 36.1. The normalized spacial score (nSPS) is 14.2. The molecule has 1 saturated heterocycles. The van der Waals surface area contributed by atoms with Crippen molar-refractivity contribution in [1.29, 1.82) is 0 Å². The van der Waals surface area contributed by atoms with E-state index in [2.05, 4.69) is 34.3 Å². The first-order valence-corrected chi connectivity index (χ1v) is 9.07. The van der Waals surface area contributed by atoms with Gasteiger partial charge in [-0.1, -0.05) is 17.7 Å². The van der Waals surface area contributed by atoms with Gasteiger partial charge < -0.3 is 15.1 Å². The van der Waals surface area contributed by atoms with Crippen molar-refractivity contribution in [3.63, 3.8) is 0 Å². The van der Waals surface area contributed by atoms with Gasteiger partial charge in [-0.3, -0.25) is 9.59 Å². The van der Waals surface area contributed by atoms with Crippen LogP contribution in [0.1, 0.15) is 34.1 Å². The van der Waals surface area contributed by atoms with Crippen molar-refractivity contribution in [3.8, 4) is 0 Å². The van der Waals surface area contributed by atoms with Crippen LogP contribution in [-0.2, 0) is 4.79 Å². The molecule has 0 atom stereocenters. The number of benzene rings is 1. The van der Waals surface area contributed by atoms with E-state index in [1.807, 2.05) is 13.8 Å². The van der Waals surface area contributed by atoms with Crippen molar-refractivity contribution in [3.05, 3.63) is 46.9 Å². The van der Waals surface area contributed by atoms with E-state index in [1.54, 1.807) is 22.9 Å². The smallest absolute Gasteiger partial charge is 0.274 e. The third-order valence-electron chi connectivity index (χ3n) is 4.81. The molecule has 2 amide bonds. The average molecular weight is 367 g/mol. The summed E-state index contributed by atoms with van der Waals surface area (Å²) in [6.07, 6.45) is 3.08. The highest BCUT2D eigenvalue weighted by atomic mass is 16.2. The first-order chi connectivity index (χ1) is 12.8. The highest BCUT2D eigenvalue weighted by Crippen LogP contribution is 2.24. The van der Waals surface area contributed by atoms with Crippen LogP contribution in [0.15, 0.2) is 24.5 Å². The predicted molar refractivity (Wildman–Crippen MR) is 104 cm³/mol. The second kappa shape index (κ2) is 7.73. The largest absolute Gasteiger partial charge is 0.339 e. The highest BCUT2D eigenvalue weighted by molar-refractivity contribution is 5.92. The molecule has 0 bridgehead atoms. The summed E-state index contributed by atoms with van der Waals surface area (Å²) in [5.74, 6) is 0.488. The van der Waals surface area contributed by atoms with Gasteiger partial charge in [-0.25, -0.2) is 9.97 Å². The maximum Gasteiger partial charge on any atom is 0.274 e. The number of hydrogen-bond donors (Lipinski definition) is 1. The second-order valence-electron chi connectivity index (χ2n) is 6.98. The molecule has 1 N–H and O–H groups in total. The molecule has 7 heteroatoms. The first-order valence-electron chi connectivity index (χ1n) is 9.07. The van der Waals surface area contributed by atoms with Crippen LogP contribution < -0.4 is 5.32 Å². The molecule has 1 aliphatic rings. The number of carbonyl (C=O) groups excluding carboxylic acids is 2. The summed E-state index contributed by atoms with van der Waals surface area (Å²) in [5.41, 5.74) is 4.81. The van der Waals surface area contributed by atoms with Gasteiger partial charge in [0.2, 0.25) is 5.91 Å². The Labute approximate surface area is 159 Å². The number of aryl methyl sites for hydroxylation is 3. The summed E-state index contributed by atoms with van der Waals surface area (Å²) in [6.45, 7) is 9.86. The lowest BCUT2D eigenvalue weighted by Gasteiger charge is -2.33. The molecule has 0 radical (unpaired) electrons. The van der Waals surface area contributed by atoms with Gasteiger partial charge in [0.1, 0.15) is 11.5 Å². The summed E-state index contributed by atoms with van der Waals surface area (Å²) in [5, 5.41) is 3.29. The van der Waals surface area contributed by atoms with Crippen LogP contribution in [-0.4, -0.2) is 57.8 Å². The Bertz CT molecular complexity index is 832. The van der Waals surface area contributed by atoms with Crippen LogP contribution in [0.3, 0.4) is 0 Å². The lowest BCUT2D eigenvalue weighted by Crippen LogP contribution is -2.50. The van der Waals surface area contributed by atoms with Crippen LogP contribution in [0.2, 0.25) is 0 Å². The summed E-state index contributed by atoms with van der Waals surface area (Å²) in [7, 11) is 0. The second-order valence-corrected chi connectivity index (χ2v) is 6.98. The van der Waals surface area contributed by atoms with Crippen LogP contribution in [0, 0.1) is 20.8 Å². The fraction of sp³-hybridized carbons (Fsp3) is 0.400. The molecule has 0 saturated carbocycles. The van der Waals surface area contributed by atoms with Crippen LogP contribution in [0.25, 0.3) is 0 Å². The minimum absolute atomic E-state index is 0.0408. The van der Waals surface area contributed by atoms with Crippen LogP contribution in [0.5, 0.6) is 0 Å². The van der Waals surface area contributed by atoms with E-state index in [4.69, 9.17) is 0 Å². The first kappa shape index (κ1) is 18.8. The predicted octanol–water partition coefficient (Wildman–Crippen LogP) is 2.45. The number of nitrogens with zero attached hydrogens (tertiary/aromatic N) is 4. The Morgan fingerprint density at radius 3 is 2.04 bits per heavy atom. The molecule has 1 fully saturated rings. The maximum atomic E-state index is 12.6. The van der Waals surface area contributed by atoms with E-state index in [9.17, 15) is 9.59 Å². The van der Waals surface area contributed by atoms with E-state index >= 15 is 0 Å². The van der Waals surface area contributed by atoms with Gasteiger partial charge in [0.05, 0.1) is 12.4 Å². The molecule has 1 aliphatic heterocycles. The zero-order valence-electron chi connectivity index (χ0n) is 16.2. The van der Waals surface area contributed by atoms with Crippen LogP contribution in [0.4, 0.5) is 11.5 Å². The quantitative estimate of drug-likeness (QED) is 0.902. The molecule has 0 spiro atoms. The van der Waals surface area contributed by atoms with Crippen LogP contribution >= 0.6 is 0 Å². The number of aromatic nitrogens is 2. The van der Waals surface area contributed by atoms with Crippen molar-refractivity contribution < 1.29 is 9.59 Å². The monoisotopic (exact) mass is 367 g/mol. The Kier molecular flexibility index (Phi) is 5.39. The van der Waals surface area contributed by atoms with E-state index in [0.29, 0.717) is 37.7 Å². The number of piperazine rings is 1. The molecule has 7 nitrogen and oxygen atoms in total. The molecule has 27 heavy (non-hydrogen) atoms. The Morgan fingerprint density at radius 1 is 0.926 bits per heavy atom. The molecule has 1 aromatic heterocycles. The lowest BCUT2D eigenvalue weighted by molar-refractivity contribution is -0.130. The summed E-state index contributed by atoms with van der Waals surface area (Å²) in [6, 6.07) is 4.22. The van der Waals surface area contributed by atoms with Gasteiger partial charge >= 0.3 is 0 Å². The van der Waals surface area contributed by atoms with E-state index < -0.39 is 0 Å². The minimum Gasteiger partial charge on any atom is -0.339 e. The SMILES string of the molecule is CC(=O)N1CCN(C(=O)c2cnc(Nc3c(C)cc(C)cc3C)cn2)CC1. The molecule has 2 heterocycles. The number of rotatable bonds is 3. The molecule has 0 unspecified atom stereocenters. The minimum atomic E-state index is -0.153. The highest BCUT2D eigenvalue weighted by Gasteiger charge is 2.24. The van der Waals surface area contributed by atoms with E-state index in [-0.39, 0.29) is 11.8 Å². The van der Waals surface area contributed by atoms with Crippen molar-refractivity contribution >= 4 is 23.3 Å². The summed E-state index contributed by atoms with van der Waals surface area (Å²) >= 11 is 0. The lowest BCUT2D eigenvalue weighted by atomic mass is 10.1. The maximum absolute atomic E-state index is 12.6. The van der Waals surface area contributed by atoms with E-state index in [0.717, 1.165) is 16.8 Å². The molecule has 2 aromatic rings. The Balaban J connectivity index is 1.67. The zero-order chi connectivity index (χ0) is 19.6. The third-order valence-corrected chi connectivity index (χ3v) is 4.81. The van der Waals surface area contributed by atoms with Gasteiger partial charge in [-0.15, -0.1) is 0 Å². The third kappa shape index (κ3) is 4.24. The Morgan fingerprint density at radius 2 is 1.52 bits per heavy atom. The zero-order valence-corrected chi connectivity index (χ0v) is 16.2. The van der Waals surface area contributed by atoms with Gasteiger partial charge in [0.25, 0.3) is 5.91 Å². The van der Waals surface area contributed by atoms with Gasteiger partial charge in [0, 0.05) is 38.8 Å². The number of carbonyl (C=O) groups is 2.